The van der Waals surface area contributed by atoms with E-state index < -0.39 is 0 Å². The summed E-state index contributed by atoms with van der Waals surface area (Å²) in [4.78, 5) is 16.5. The number of fused-ring (bicyclic) bond motifs is 2. The van der Waals surface area contributed by atoms with Crippen molar-refractivity contribution in [1.82, 2.24) is 25.1 Å². The van der Waals surface area contributed by atoms with E-state index in [1.54, 1.807) is 0 Å². The monoisotopic (exact) mass is 556 g/mol. The zero-order valence-corrected chi connectivity index (χ0v) is 23.7. The van der Waals surface area contributed by atoms with Crippen LogP contribution in [0.15, 0.2) is 103 Å². The molecule has 4 aromatic carbocycles. The number of nitrogens with one attached hydrogen (secondary N) is 2. The lowest BCUT2D eigenvalue weighted by molar-refractivity contribution is -0.122. The highest BCUT2D eigenvalue weighted by molar-refractivity contribution is 5.86. The van der Waals surface area contributed by atoms with Crippen LogP contribution in [0.2, 0.25) is 0 Å². The lowest BCUT2D eigenvalue weighted by Crippen LogP contribution is -2.32. The maximum absolute atomic E-state index is 13.1. The van der Waals surface area contributed by atoms with Gasteiger partial charge in [-0.25, -0.2) is 0 Å². The van der Waals surface area contributed by atoms with Crippen molar-refractivity contribution in [2.75, 3.05) is 6.54 Å². The summed E-state index contributed by atoms with van der Waals surface area (Å²) in [5.41, 5.74) is 10.4. The smallest absolute Gasteiger partial charge is 0.220 e. The van der Waals surface area contributed by atoms with E-state index in [0.717, 1.165) is 41.0 Å². The molecule has 0 saturated heterocycles. The van der Waals surface area contributed by atoms with Crippen molar-refractivity contribution >= 4 is 27.6 Å². The Labute approximate surface area is 245 Å². The number of nitrogens with zero attached hydrogens (tertiary/aromatic N) is 3. The zero-order chi connectivity index (χ0) is 28.7. The average Bonchev–Trinajstić information content (AvgIpc) is 3.63. The molecule has 7 nitrogen and oxygen atoms in total. The fourth-order valence-electron chi connectivity index (χ4n) is 5.72. The first-order valence-electron chi connectivity index (χ1n) is 14.7. The SMILES string of the molecule is NCCCC(=O)NC(Cc1c[nH]c2ccccc12)c1nnc(CCc2ccccc2)n1Cc1cccc2ccccc12. The van der Waals surface area contributed by atoms with Gasteiger partial charge in [0.15, 0.2) is 5.82 Å². The molecule has 4 N–H and O–H groups in total. The largest absolute Gasteiger partial charge is 0.361 e. The van der Waals surface area contributed by atoms with Crippen LogP contribution in [-0.2, 0) is 30.6 Å². The Kier molecular flexibility index (Phi) is 8.38. The van der Waals surface area contributed by atoms with Crippen LogP contribution in [0.5, 0.6) is 0 Å². The van der Waals surface area contributed by atoms with Gasteiger partial charge in [-0.05, 0) is 52.9 Å². The first-order chi connectivity index (χ1) is 20.7. The van der Waals surface area contributed by atoms with E-state index in [4.69, 9.17) is 15.9 Å². The Balaban J connectivity index is 1.40. The third-order valence-electron chi connectivity index (χ3n) is 7.90. The number of carbonyl (C=O) groups is 1. The van der Waals surface area contributed by atoms with Crippen LogP contribution in [0.25, 0.3) is 21.7 Å². The Hall–Kier alpha value is -4.75. The number of aryl methyl sites for hydroxylation is 2. The highest BCUT2D eigenvalue weighted by atomic mass is 16.1. The van der Waals surface area contributed by atoms with E-state index in [2.05, 4.69) is 93.7 Å². The predicted molar refractivity (Wildman–Crippen MR) is 168 cm³/mol. The summed E-state index contributed by atoms with van der Waals surface area (Å²) in [7, 11) is 0. The number of benzene rings is 4. The Bertz CT molecular complexity index is 1780. The van der Waals surface area contributed by atoms with Crippen molar-refractivity contribution in [2.45, 2.75) is 44.7 Å². The van der Waals surface area contributed by atoms with E-state index in [1.165, 1.54) is 21.9 Å². The molecule has 2 heterocycles. The quantitative estimate of drug-likeness (QED) is 0.175. The van der Waals surface area contributed by atoms with Gasteiger partial charge in [-0.2, -0.15) is 0 Å². The van der Waals surface area contributed by atoms with E-state index in [1.807, 2.05) is 24.4 Å². The van der Waals surface area contributed by atoms with Gasteiger partial charge >= 0.3 is 0 Å². The standard InChI is InChI=1S/C35H36N6O/c36-21-9-18-34(42)38-32(22-28-23-37-31-17-7-6-16-30(28)31)35-40-39-33(20-19-25-10-2-1-3-11-25)41(35)24-27-14-8-13-26-12-4-5-15-29(26)27/h1-8,10-17,23,32,37H,9,18-22,24,36H2,(H,38,42). The second-order valence-corrected chi connectivity index (χ2v) is 10.8. The molecule has 0 bridgehead atoms. The normalized spacial score (nSPS) is 12.1. The molecular weight excluding hydrogens is 520 g/mol. The Morgan fingerprint density at radius 3 is 2.45 bits per heavy atom. The molecule has 1 unspecified atom stereocenters. The van der Waals surface area contributed by atoms with Gasteiger partial charge in [0.1, 0.15) is 5.82 Å². The number of hydrogen-bond acceptors (Lipinski definition) is 4. The summed E-state index contributed by atoms with van der Waals surface area (Å²) >= 11 is 0. The molecule has 6 rings (SSSR count). The topological polar surface area (TPSA) is 102 Å². The highest BCUT2D eigenvalue weighted by Crippen LogP contribution is 2.27. The van der Waals surface area contributed by atoms with Crippen LogP contribution in [0, 0.1) is 0 Å². The Morgan fingerprint density at radius 1 is 0.833 bits per heavy atom. The van der Waals surface area contributed by atoms with Gasteiger partial charge < -0.3 is 20.6 Å². The Morgan fingerprint density at radius 2 is 1.60 bits per heavy atom. The summed E-state index contributed by atoms with van der Waals surface area (Å²) < 4.78 is 2.22. The number of hydrogen-bond donors (Lipinski definition) is 3. The molecule has 6 aromatic rings. The number of amides is 1. The van der Waals surface area contributed by atoms with Crippen LogP contribution in [0.1, 0.15) is 47.2 Å². The molecule has 1 amide bonds. The van der Waals surface area contributed by atoms with E-state index in [0.29, 0.717) is 32.4 Å². The summed E-state index contributed by atoms with van der Waals surface area (Å²) in [5.74, 6) is 1.63. The van der Waals surface area contributed by atoms with Crippen LogP contribution >= 0.6 is 0 Å². The second kappa shape index (κ2) is 12.8. The molecule has 7 heteroatoms. The maximum Gasteiger partial charge on any atom is 0.220 e. The summed E-state index contributed by atoms with van der Waals surface area (Å²) in [6.07, 6.45) is 5.22. The molecule has 0 saturated carbocycles. The third-order valence-corrected chi connectivity index (χ3v) is 7.90. The number of rotatable bonds is 12. The number of aromatic amines is 1. The van der Waals surface area contributed by atoms with Crippen molar-refractivity contribution in [2.24, 2.45) is 5.73 Å². The molecule has 0 spiro atoms. The minimum atomic E-state index is -0.359. The first kappa shape index (κ1) is 27.4. The van der Waals surface area contributed by atoms with Gasteiger partial charge in [0, 0.05) is 36.4 Å². The molecule has 0 aliphatic rings. The number of carbonyl (C=O) groups excluding carboxylic acids is 1. The van der Waals surface area contributed by atoms with Crippen molar-refractivity contribution in [3.05, 3.63) is 132 Å². The fraction of sp³-hybridized carbons (Fsp3) is 0.229. The fourth-order valence-corrected chi connectivity index (χ4v) is 5.72. The minimum Gasteiger partial charge on any atom is -0.361 e. The first-order valence-corrected chi connectivity index (χ1v) is 14.7. The minimum absolute atomic E-state index is 0.0316. The van der Waals surface area contributed by atoms with Gasteiger partial charge in [0.25, 0.3) is 0 Å². The van der Waals surface area contributed by atoms with E-state index in [9.17, 15) is 4.79 Å². The van der Waals surface area contributed by atoms with Crippen molar-refractivity contribution < 1.29 is 4.79 Å². The molecule has 0 radical (unpaired) electrons. The predicted octanol–water partition coefficient (Wildman–Crippen LogP) is 5.89. The van der Waals surface area contributed by atoms with Crippen LogP contribution < -0.4 is 11.1 Å². The third kappa shape index (κ3) is 6.11. The van der Waals surface area contributed by atoms with Crippen LogP contribution in [0.4, 0.5) is 0 Å². The lowest BCUT2D eigenvalue weighted by Gasteiger charge is -2.21. The maximum atomic E-state index is 13.1. The summed E-state index contributed by atoms with van der Waals surface area (Å²) in [5, 5.41) is 16.3. The molecule has 212 valence electrons. The lowest BCUT2D eigenvalue weighted by atomic mass is 10.0. The van der Waals surface area contributed by atoms with E-state index in [-0.39, 0.29) is 11.9 Å². The highest BCUT2D eigenvalue weighted by Gasteiger charge is 2.25. The molecule has 0 fully saturated rings. The van der Waals surface area contributed by atoms with Gasteiger partial charge in [-0.15, -0.1) is 10.2 Å². The van der Waals surface area contributed by atoms with Gasteiger partial charge in [0.05, 0.1) is 12.6 Å². The average molecular weight is 557 g/mol. The number of H-pyrrole nitrogens is 1. The van der Waals surface area contributed by atoms with Gasteiger partial charge in [0.2, 0.25) is 5.91 Å². The summed E-state index contributed by atoms with van der Waals surface area (Å²) in [6.45, 7) is 1.08. The second-order valence-electron chi connectivity index (χ2n) is 10.8. The van der Waals surface area contributed by atoms with Crippen LogP contribution in [-0.4, -0.2) is 32.2 Å². The summed E-state index contributed by atoms with van der Waals surface area (Å²) in [6, 6.07) is 33.2. The van der Waals surface area contributed by atoms with Crippen molar-refractivity contribution in [1.29, 1.82) is 0 Å². The number of aromatic nitrogens is 4. The molecule has 1 atom stereocenters. The molecule has 0 aliphatic carbocycles. The molecule has 2 aromatic heterocycles. The number of nitrogens with two attached hydrogens (primary N) is 1. The molecule has 42 heavy (non-hydrogen) atoms. The molecular formula is C35H36N6O. The van der Waals surface area contributed by atoms with Gasteiger partial charge in [-0.1, -0.05) is 91.0 Å². The van der Waals surface area contributed by atoms with Crippen LogP contribution in [0.3, 0.4) is 0 Å². The molecule has 0 aliphatic heterocycles. The van der Waals surface area contributed by atoms with Gasteiger partial charge in [-0.3, -0.25) is 4.79 Å². The van der Waals surface area contributed by atoms with Crippen molar-refractivity contribution in [3.63, 3.8) is 0 Å². The number of para-hydroxylation sites is 1. The zero-order valence-electron chi connectivity index (χ0n) is 23.7. The van der Waals surface area contributed by atoms with E-state index >= 15 is 0 Å². The van der Waals surface area contributed by atoms with Crippen molar-refractivity contribution in [3.8, 4) is 0 Å².